The number of aryl methyl sites for hydroxylation is 2. The van der Waals surface area contributed by atoms with Crippen LogP contribution in [0.1, 0.15) is 34.4 Å². The molecule has 108 valence electrons. The van der Waals surface area contributed by atoms with Crippen LogP contribution in [0.3, 0.4) is 0 Å². The van der Waals surface area contributed by atoms with Gasteiger partial charge in [0, 0.05) is 12.7 Å². The van der Waals surface area contributed by atoms with Crippen LogP contribution in [0.2, 0.25) is 0 Å². The summed E-state index contributed by atoms with van der Waals surface area (Å²) < 4.78 is 6.83. The Kier molecular flexibility index (Phi) is 3.67. The molecule has 1 atom stereocenters. The molecule has 0 aromatic carbocycles. The second-order valence-electron chi connectivity index (χ2n) is 5.10. The van der Waals surface area contributed by atoms with Crippen LogP contribution in [-0.2, 0) is 12.6 Å². The highest BCUT2D eigenvalue weighted by atomic mass is 16.4. The molecule has 0 aliphatic heterocycles. The summed E-state index contributed by atoms with van der Waals surface area (Å²) in [6, 6.07) is 3.37. The summed E-state index contributed by atoms with van der Waals surface area (Å²) >= 11 is 0. The van der Waals surface area contributed by atoms with Crippen molar-refractivity contribution in [2.45, 2.75) is 26.4 Å². The van der Waals surface area contributed by atoms with Crippen molar-refractivity contribution < 1.29 is 14.3 Å². The van der Waals surface area contributed by atoms with Crippen molar-refractivity contribution in [3.8, 4) is 0 Å². The molecule has 0 fully saturated rings. The highest BCUT2D eigenvalue weighted by molar-refractivity contribution is 5.96. The average molecular weight is 277 g/mol. The normalized spacial score (nSPS) is 14.1. The minimum Gasteiger partial charge on any atom is -0.466 e. The third-order valence-electron chi connectivity index (χ3n) is 3.38. The molecular weight excluding hydrogens is 258 g/mol. The first-order valence-corrected chi connectivity index (χ1v) is 6.37. The van der Waals surface area contributed by atoms with Gasteiger partial charge in [-0.2, -0.15) is 5.10 Å². The average Bonchev–Trinajstić information content (AvgIpc) is 2.97. The van der Waals surface area contributed by atoms with E-state index in [1.807, 2.05) is 6.92 Å². The zero-order valence-corrected chi connectivity index (χ0v) is 12.1. The number of nitrogens with one attached hydrogen (secondary N) is 1. The molecule has 1 unspecified atom stereocenters. The molecule has 0 radical (unpaired) electrons. The van der Waals surface area contributed by atoms with E-state index in [4.69, 9.17) is 4.42 Å². The van der Waals surface area contributed by atoms with Crippen LogP contribution in [0.15, 0.2) is 22.8 Å². The Morgan fingerprint density at radius 1 is 1.55 bits per heavy atom. The zero-order valence-electron chi connectivity index (χ0n) is 12.1. The molecule has 6 heteroatoms. The molecule has 0 aliphatic rings. The number of hydrogen-bond acceptors (Lipinski definition) is 4. The Balaban J connectivity index is 2.09. The van der Waals surface area contributed by atoms with Gasteiger partial charge < -0.3 is 14.8 Å². The van der Waals surface area contributed by atoms with Crippen molar-refractivity contribution >= 4 is 5.91 Å². The lowest BCUT2D eigenvalue weighted by molar-refractivity contribution is 0.0330. The third-order valence-corrected chi connectivity index (χ3v) is 3.38. The predicted molar refractivity (Wildman–Crippen MR) is 73.3 cm³/mol. The first kappa shape index (κ1) is 14.3. The van der Waals surface area contributed by atoms with E-state index < -0.39 is 5.60 Å². The van der Waals surface area contributed by atoms with Crippen LogP contribution in [0.4, 0.5) is 0 Å². The second kappa shape index (κ2) is 5.13. The smallest absolute Gasteiger partial charge is 0.255 e. The number of aliphatic hydroxyl groups is 1. The maximum Gasteiger partial charge on any atom is 0.255 e. The van der Waals surface area contributed by atoms with Gasteiger partial charge in [0.25, 0.3) is 5.91 Å². The Morgan fingerprint density at radius 3 is 2.75 bits per heavy atom. The fourth-order valence-corrected chi connectivity index (χ4v) is 2.12. The van der Waals surface area contributed by atoms with Gasteiger partial charge in [-0.15, -0.1) is 0 Å². The Labute approximate surface area is 117 Å². The topological polar surface area (TPSA) is 80.3 Å². The molecule has 2 heterocycles. The molecule has 2 N–H and O–H groups in total. The van der Waals surface area contributed by atoms with Gasteiger partial charge in [-0.1, -0.05) is 0 Å². The number of carbonyl (C=O) groups excluding carboxylic acids is 1. The van der Waals surface area contributed by atoms with E-state index in [0.717, 1.165) is 5.69 Å². The van der Waals surface area contributed by atoms with Crippen LogP contribution < -0.4 is 5.32 Å². The van der Waals surface area contributed by atoms with Crippen molar-refractivity contribution in [3.63, 3.8) is 0 Å². The monoisotopic (exact) mass is 277 g/mol. The number of aromatic nitrogens is 2. The molecule has 0 saturated carbocycles. The van der Waals surface area contributed by atoms with Gasteiger partial charge in [0.1, 0.15) is 11.4 Å². The molecule has 20 heavy (non-hydrogen) atoms. The standard InChI is InChI=1S/C14H19N3O3/c1-9-12(10(2)17(4)16-9)13(18)15-8-14(3,19)11-6-5-7-20-11/h5-7,19H,8H2,1-4H3,(H,15,18). The summed E-state index contributed by atoms with van der Waals surface area (Å²) in [5.41, 5.74) is 0.754. The van der Waals surface area contributed by atoms with E-state index in [-0.39, 0.29) is 12.5 Å². The van der Waals surface area contributed by atoms with Gasteiger partial charge >= 0.3 is 0 Å². The quantitative estimate of drug-likeness (QED) is 0.882. The lowest BCUT2D eigenvalue weighted by Crippen LogP contribution is -2.38. The number of nitrogens with zero attached hydrogens (tertiary/aromatic N) is 2. The number of rotatable bonds is 4. The minimum absolute atomic E-state index is 0.0626. The van der Waals surface area contributed by atoms with Crippen molar-refractivity contribution in [1.29, 1.82) is 0 Å². The van der Waals surface area contributed by atoms with Gasteiger partial charge in [-0.05, 0) is 32.9 Å². The predicted octanol–water partition coefficient (Wildman–Crippen LogP) is 1.27. The van der Waals surface area contributed by atoms with Crippen molar-refractivity contribution in [1.82, 2.24) is 15.1 Å². The third kappa shape index (κ3) is 2.60. The first-order valence-electron chi connectivity index (χ1n) is 6.37. The van der Waals surface area contributed by atoms with Gasteiger partial charge in [-0.3, -0.25) is 9.48 Å². The maximum absolute atomic E-state index is 12.2. The van der Waals surface area contributed by atoms with E-state index in [9.17, 15) is 9.90 Å². The number of carbonyl (C=O) groups is 1. The van der Waals surface area contributed by atoms with Crippen LogP contribution in [0.25, 0.3) is 0 Å². The molecule has 2 aromatic rings. The van der Waals surface area contributed by atoms with Crippen LogP contribution >= 0.6 is 0 Å². The molecule has 2 aromatic heterocycles. The summed E-state index contributed by atoms with van der Waals surface area (Å²) in [6.45, 7) is 5.27. The number of amides is 1. The Hall–Kier alpha value is -2.08. The van der Waals surface area contributed by atoms with Gasteiger partial charge in [0.15, 0.2) is 0 Å². The second-order valence-corrected chi connectivity index (χ2v) is 5.10. The fraction of sp³-hybridized carbons (Fsp3) is 0.429. The molecule has 0 aliphatic carbocycles. The van der Waals surface area contributed by atoms with Gasteiger partial charge in [0.2, 0.25) is 0 Å². The van der Waals surface area contributed by atoms with Crippen LogP contribution in [-0.4, -0.2) is 27.3 Å². The van der Waals surface area contributed by atoms with Gasteiger partial charge in [0.05, 0.1) is 24.1 Å². The molecule has 2 rings (SSSR count). The van der Waals surface area contributed by atoms with E-state index in [0.29, 0.717) is 17.0 Å². The molecule has 0 spiro atoms. The number of hydrogen-bond donors (Lipinski definition) is 2. The largest absolute Gasteiger partial charge is 0.466 e. The zero-order chi connectivity index (χ0) is 14.9. The summed E-state index contributed by atoms with van der Waals surface area (Å²) in [5, 5.41) is 17.2. The Morgan fingerprint density at radius 2 is 2.25 bits per heavy atom. The summed E-state index contributed by atoms with van der Waals surface area (Å²) in [4.78, 5) is 12.2. The summed E-state index contributed by atoms with van der Waals surface area (Å²) in [6.07, 6.45) is 1.49. The molecule has 0 bridgehead atoms. The summed E-state index contributed by atoms with van der Waals surface area (Å²) in [7, 11) is 1.79. The maximum atomic E-state index is 12.2. The van der Waals surface area contributed by atoms with E-state index in [1.54, 1.807) is 37.7 Å². The number of furan rings is 1. The highest BCUT2D eigenvalue weighted by Gasteiger charge is 2.28. The van der Waals surface area contributed by atoms with E-state index in [2.05, 4.69) is 10.4 Å². The van der Waals surface area contributed by atoms with Crippen molar-refractivity contribution in [3.05, 3.63) is 41.1 Å². The summed E-state index contributed by atoms with van der Waals surface area (Å²) in [5.74, 6) is 0.164. The van der Waals surface area contributed by atoms with Crippen molar-refractivity contribution in [2.75, 3.05) is 6.54 Å². The molecule has 6 nitrogen and oxygen atoms in total. The van der Waals surface area contributed by atoms with E-state index >= 15 is 0 Å². The SMILES string of the molecule is Cc1nn(C)c(C)c1C(=O)NCC(C)(O)c1ccco1. The van der Waals surface area contributed by atoms with Crippen LogP contribution in [0.5, 0.6) is 0 Å². The van der Waals surface area contributed by atoms with Gasteiger partial charge in [-0.25, -0.2) is 0 Å². The van der Waals surface area contributed by atoms with E-state index in [1.165, 1.54) is 6.26 Å². The fourth-order valence-electron chi connectivity index (χ4n) is 2.12. The highest BCUT2D eigenvalue weighted by Crippen LogP contribution is 2.20. The first-order chi connectivity index (χ1) is 9.33. The molecule has 1 amide bonds. The minimum atomic E-state index is -1.25. The lowest BCUT2D eigenvalue weighted by atomic mass is 10.0. The Bertz CT molecular complexity index is 612. The molecule has 0 saturated heterocycles. The van der Waals surface area contributed by atoms with Crippen LogP contribution in [0, 0.1) is 13.8 Å². The lowest BCUT2D eigenvalue weighted by Gasteiger charge is -2.21. The van der Waals surface area contributed by atoms with Crippen molar-refractivity contribution in [2.24, 2.45) is 7.05 Å². The molecular formula is C14H19N3O3.